The Morgan fingerprint density at radius 3 is 2.84 bits per heavy atom. The summed E-state index contributed by atoms with van der Waals surface area (Å²) in [5.41, 5.74) is 0.752. The van der Waals surface area contributed by atoms with Gasteiger partial charge in [0.1, 0.15) is 0 Å². The second-order valence-corrected chi connectivity index (χ2v) is 6.79. The van der Waals surface area contributed by atoms with Crippen molar-refractivity contribution in [2.24, 2.45) is 5.41 Å². The molecule has 0 spiro atoms. The maximum atomic E-state index is 11.4. The number of nitriles is 1. The summed E-state index contributed by atoms with van der Waals surface area (Å²) >= 11 is 5.10. The Labute approximate surface area is 125 Å². The number of nitrogens with zero attached hydrogens (tertiary/aromatic N) is 1. The van der Waals surface area contributed by atoms with Crippen LogP contribution in [0.2, 0.25) is 0 Å². The molecule has 0 bridgehead atoms. The molecule has 0 radical (unpaired) electrons. The first-order chi connectivity index (χ1) is 9.07. The lowest BCUT2D eigenvalue weighted by molar-refractivity contribution is -0.141. The number of methoxy groups -OCH3 is 1. The van der Waals surface area contributed by atoms with E-state index in [9.17, 15) is 4.79 Å². The van der Waals surface area contributed by atoms with Gasteiger partial charge in [-0.25, -0.2) is 0 Å². The second kappa shape index (κ2) is 5.98. The highest BCUT2D eigenvalue weighted by Crippen LogP contribution is 2.52. The molecule has 19 heavy (non-hydrogen) atoms. The van der Waals surface area contributed by atoms with Crippen LogP contribution in [-0.4, -0.2) is 18.8 Å². The molecule has 0 saturated heterocycles. The second-order valence-electron chi connectivity index (χ2n) is 4.83. The van der Waals surface area contributed by atoms with Crippen molar-refractivity contribution in [2.75, 3.05) is 12.9 Å². The average molecular weight is 340 g/mol. The number of benzene rings is 1. The zero-order valence-corrected chi connectivity index (χ0v) is 13.0. The molecule has 5 heteroatoms. The van der Waals surface area contributed by atoms with E-state index < -0.39 is 0 Å². The van der Waals surface area contributed by atoms with Crippen LogP contribution >= 0.6 is 27.7 Å². The molecule has 1 aromatic carbocycles. The molecule has 0 N–H and O–H groups in total. The summed E-state index contributed by atoms with van der Waals surface area (Å²) in [7, 11) is 1.43. The van der Waals surface area contributed by atoms with Crippen LogP contribution in [-0.2, 0) is 9.53 Å². The van der Waals surface area contributed by atoms with Crippen LogP contribution in [0.15, 0.2) is 27.6 Å². The number of hydrogen-bond donors (Lipinski definition) is 0. The van der Waals surface area contributed by atoms with Crippen LogP contribution in [0.3, 0.4) is 0 Å². The van der Waals surface area contributed by atoms with Crippen molar-refractivity contribution in [3.8, 4) is 6.07 Å². The fourth-order valence-electron chi connectivity index (χ4n) is 1.87. The fourth-order valence-corrected chi connectivity index (χ4v) is 3.80. The number of carbonyl (C=O) groups is 1. The molecule has 0 aliphatic heterocycles. The van der Waals surface area contributed by atoms with E-state index in [0.717, 1.165) is 28.0 Å². The molecule has 100 valence electrons. The van der Waals surface area contributed by atoms with E-state index in [2.05, 4.69) is 22.0 Å². The van der Waals surface area contributed by atoms with Gasteiger partial charge >= 0.3 is 5.97 Å². The fraction of sp³-hybridized carbons (Fsp3) is 0.429. The number of ether oxygens (including phenoxy) is 1. The van der Waals surface area contributed by atoms with Crippen LogP contribution in [0, 0.1) is 16.7 Å². The third kappa shape index (κ3) is 3.99. The maximum Gasteiger partial charge on any atom is 0.306 e. The summed E-state index contributed by atoms with van der Waals surface area (Å²) < 4.78 is 5.64. The largest absolute Gasteiger partial charge is 0.469 e. The van der Waals surface area contributed by atoms with Gasteiger partial charge in [0.15, 0.2) is 0 Å². The van der Waals surface area contributed by atoms with Gasteiger partial charge in [0.2, 0.25) is 0 Å². The molecule has 1 fully saturated rings. The van der Waals surface area contributed by atoms with Gasteiger partial charge in [-0.2, -0.15) is 5.26 Å². The lowest BCUT2D eigenvalue weighted by Crippen LogP contribution is -2.12. The van der Waals surface area contributed by atoms with E-state index in [1.807, 2.05) is 12.1 Å². The molecule has 0 heterocycles. The van der Waals surface area contributed by atoms with Gasteiger partial charge < -0.3 is 4.74 Å². The Balaban J connectivity index is 1.98. The topological polar surface area (TPSA) is 50.1 Å². The Morgan fingerprint density at radius 2 is 2.26 bits per heavy atom. The van der Waals surface area contributed by atoms with E-state index in [1.165, 1.54) is 7.11 Å². The van der Waals surface area contributed by atoms with Crippen molar-refractivity contribution in [3.05, 3.63) is 28.2 Å². The number of hydrogen-bond acceptors (Lipinski definition) is 4. The SMILES string of the molecule is COC(=O)CC1(CSc2cc(Br)cc(C#N)c2)CC1. The van der Waals surface area contributed by atoms with E-state index in [1.54, 1.807) is 17.8 Å². The summed E-state index contributed by atoms with van der Waals surface area (Å²) in [6, 6.07) is 7.82. The predicted molar refractivity (Wildman–Crippen MR) is 77.9 cm³/mol. The lowest BCUT2D eigenvalue weighted by atomic mass is 10.1. The highest BCUT2D eigenvalue weighted by Gasteiger charge is 2.44. The Hall–Kier alpha value is -0.990. The number of thioether (sulfide) groups is 1. The summed E-state index contributed by atoms with van der Waals surface area (Å²) in [6.07, 6.45) is 2.65. The first-order valence-corrected chi connectivity index (χ1v) is 7.75. The van der Waals surface area contributed by atoms with Gasteiger partial charge in [-0.15, -0.1) is 11.8 Å². The van der Waals surface area contributed by atoms with Gasteiger partial charge in [-0.3, -0.25) is 4.79 Å². The molecule has 1 aliphatic carbocycles. The minimum absolute atomic E-state index is 0.104. The molecule has 0 atom stereocenters. The first kappa shape index (κ1) is 14.4. The molecule has 0 unspecified atom stereocenters. The first-order valence-electron chi connectivity index (χ1n) is 5.97. The molecule has 0 amide bonds. The van der Waals surface area contributed by atoms with E-state index in [-0.39, 0.29) is 11.4 Å². The molecule has 3 nitrogen and oxygen atoms in total. The van der Waals surface area contributed by atoms with Crippen molar-refractivity contribution in [1.29, 1.82) is 5.26 Å². The van der Waals surface area contributed by atoms with Crippen LogP contribution in [0.1, 0.15) is 24.8 Å². The van der Waals surface area contributed by atoms with Gasteiger partial charge in [0, 0.05) is 15.1 Å². The Kier molecular flexibility index (Phi) is 4.54. The number of carbonyl (C=O) groups excluding carboxylic acids is 1. The highest BCUT2D eigenvalue weighted by atomic mass is 79.9. The smallest absolute Gasteiger partial charge is 0.306 e. The minimum Gasteiger partial charge on any atom is -0.469 e. The average Bonchev–Trinajstić information content (AvgIpc) is 3.16. The monoisotopic (exact) mass is 339 g/mol. The quantitative estimate of drug-likeness (QED) is 0.605. The van der Waals surface area contributed by atoms with Gasteiger partial charge in [-0.05, 0) is 36.5 Å². The van der Waals surface area contributed by atoms with Crippen molar-refractivity contribution >= 4 is 33.7 Å². The molecule has 1 aliphatic rings. The highest BCUT2D eigenvalue weighted by molar-refractivity contribution is 9.10. The number of esters is 1. The number of halogens is 1. The summed E-state index contributed by atoms with van der Waals surface area (Å²) in [5, 5.41) is 8.94. The van der Waals surface area contributed by atoms with Crippen molar-refractivity contribution < 1.29 is 9.53 Å². The predicted octanol–water partition coefficient (Wildman–Crippen LogP) is 3.76. The van der Waals surface area contributed by atoms with Gasteiger partial charge in [0.05, 0.1) is 25.2 Å². The third-order valence-corrected chi connectivity index (χ3v) is 5.03. The lowest BCUT2D eigenvalue weighted by Gasteiger charge is -2.13. The zero-order valence-electron chi connectivity index (χ0n) is 10.6. The van der Waals surface area contributed by atoms with E-state index in [4.69, 9.17) is 10.00 Å². The van der Waals surface area contributed by atoms with Gasteiger partial charge in [-0.1, -0.05) is 15.9 Å². The third-order valence-electron chi connectivity index (χ3n) is 3.25. The molecule has 0 aromatic heterocycles. The van der Waals surface area contributed by atoms with Gasteiger partial charge in [0.25, 0.3) is 0 Å². The standard InChI is InChI=1S/C14H14BrNO2S/c1-18-13(17)7-14(2-3-14)9-19-12-5-10(8-16)4-11(15)6-12/h4-6H,2-3,7,9H2,1H3. The number of rotatable bonds is 5. The van der Waals surface area contributed by atoms with Crippen LogP contribution in [0.25, 0.3) is 0 Å². The minimum atomic E-state index is -0.134. The summed E-state index contributed by atoms with van der Waals surface area (Å²) in [5.74, 6) is 0.758. The van der Waals surface area contributed by atoms with Crippen LogP contribution in [0.5, 0.6) is 0 Å². The van der Waals surface area contributed by atoms with Crippen LogP contribution < -0.4 is 0 Å². The van der Waals surface area contributed by atoms with E-state index >= 15 is 0 Å². The molecule has 2 rings (SSSR count). The summed E-state index contributed by atoms with van der Waals surface area (Å²) in [6.45, 7) is 0. The van der Waals surface area contributed by atoms with Crippen molar-refractivity contribution in [3.63, 3.8) is 0 Å². The molecule has 1 saturated carbocycles. The Morgan fingerprint density at radius 1 is 1.53 bits per heavy atom. The van der Waals surface area contributed by atoms with E-state index in [0.29, 0.717) is 12.0 Å². The molecular weight excluding hydrogens is 326 g/mol. The van der Waals surface area contributed by atoms with Crippen molar-refractivity contribution in [1.82, 2.24) is 0 Å². The molecular formula is C14H14BrNO2S. The zero-order chi connectivity index (χ0) is 13.9. The van der Waals surface area contributed by atoms with Crippen LogP contribution in [0.4, 0.5) is 0 Å². The maximum absolute atomic E-state index is 11.4. The normalized spacial score (nSPS) is 15.6. The molecule has 1 aromatic rings. The Bertz CT molecular complexity index is 535. The van der Waals surface area contributed by atoms with Crippen molar-refractivity contribution in [2.45, 2.75) is 24.2 Å². The summed E-state index contributed by atoms with van der Waals surface area (Å²) in [4.78, 5) is 12.4.